The number of amides is 1. The van der Waals surface area contributed by atoms with Gasteiger partial charge in [0.25, 0.3) is 5.91 Å². The van der Waals surface area contributed by atoms with Gasteiger partial charge in [0, 0.05) is 49.0 Å². The van der Waals surface area contributed by atoms with E-state index in [0.29, 0.717) is 30.1 Å². The Balaban J connectivity index is 1.54. The Hall–Kier alpha value is -3.02. The van der Waals surface area contributed by atoms with Gasteiger partial charge in [0.1, 0.15) is 17.5 Å². The number of aromatic nitrogens is 1. The molecule has 0 atom stereocenters. The standard InChI is InChI=1S/C21H23N3O3/c1-14(22)17-5-8-20(23-13-17)21(26)24-11-9-19(10-12-24)27-18-6-3-16(4-7-18)15(2)25/h3-8,13,19,22H,9-12H2,1-2H3. The molecular weight excluding hydrogens is 342 g/mol. The molecule has 1 aromatic heterocycles. The van der Waals surface area contributed by atoms with E-state index in [-0.39, 0.29) is 17.8 Å². The van der Waals surface area contributed by atoms with Crippen LogP contribution < -0.4 is 4.74 Å². The van der Waals surface area contributed by atoms with Gasteiger partial charge in [0.2, 0.25) is 0 Å². The Bertz CT molecular complexity index is 836. The van der Waals surface area contributed by atoms with Gasteiger partial charge < -0.3 is 15.0 Å². The summed E-state index contributed by atoms with van der Waals surface area (Å²) in [6, 6.07) is 10.6. The third-order valence-corrected chi connectivity index (χ3v) is 4.71. The zero-order chi connectivity index (χ0) is 19.4. The number of carbonyl (C=O) groups is 2. The number of ether oxygens (including phenoxy) is 1. The van der Waals surface area contributed by atoms with Crippen LogP contribution in [-0.2, 0) is 0 Å². The van der Waals surface area contributed by atoms with E-state index in [1.54, 1.807) is 42.3 Å². The van der Waals surface area contributed by atoms with Gasteiger partial charge in [0.15, 0.2) is 5.78 Å². The number of rotatable bonds is 5. The predicted molar refractivity (Wildman–Crippen MR) is 103 cm³/mol. The Labute approximate surface area is 158 Å². The summed E-state index contributed by atoms with van der Waals surface area (Å²) < 4.78 is 5.98. The van der Waals surface area contributed by atoms with Crippen LogP contribution >= 0.6 is 0 Å². The maximum absolute atomic E-state index is 12.6. The average molecular weight is 365 g/mol. The fraction of sp³-hybridized carbons (Fsp3) is 0.333. The van der Waals surface area contributed by atoms with Crippen molar-refractivity contribution in [3.63, 3.8) is 0 Å². The SMILES string of the molecule is CC(=N)c1ccc(C(=O)N2CCC(Oc3ccc(C(C)=O)cc3)CC2)nc1. The van der Waals surface area contributed by atoms with Crippen molar-refractivity contribution in [1.29, 1.82) is 5.41 Å². The first-order valence-electron chi connectivity index (χ1n) is 9.02. The monoisotopic (exact) mass is 365 g/mol. The molecule has 0 spiro atoms. The molecule has 2 heterocycles. The minimum absolute atomic E-state index is 0.0331. The number of piperidine rings is 1. The van der Waals surface area contributed by atoms with Gasteiger partial charge in [-0.05, 0) is 50.2 Å². The van der Waals surface area contributed by atoms with E-state index in [1.165, 1.54) is 6.92 Å². The van der Waals surface area contributed by atoms with E-state index < -0.39 is 0 Å². The first-order chi connectivity index (χ1) is 12.9. The molecular formula is C21H23N3O3. The molecule has 6 heteroatoms. The third-order valence-electron chi connectivity index (χ3n) is 4.71. The first kappa shape index (κ1) is 18.8. The second kappa shape index (κ2) is 8.12. The van der Waals surface area contributed by atoms with Crippen LogP contribution in [0.15, 0.2) is 42.6 Å². The van der Waals surface area contributed by atoms with Gasteiger partial charge in [-0.1, -0.05) is 0 Å². The Kier molecular flexibility index (Phi) is 5.64. The van der Waals surface area contributed by atoms with Crippen molar-refractivity contribution < 1.29 is 14.3 Å². The van der Waals surface area contributed by atoms with Gasteiger partial charge in [0.05, 0.1) is 0 Å². The molecule has 3 rings (SSSR count). The lowest BCUT2D eigenvalue weighted by Crippen LogP contribution is -2.42. The number of likely N-dealkylation sites (tertiary alicyclic amines) is 1. The number of hydrogen-bond donors (Lipinski definition) is 1. The summed E-state index contributed by atoms with van der Waals surface area (Å²) in [7, 11) is 0. The number of Topliss-reactive ketones (excluding diaryl/α,β-unsaturated/α-hetero) is 1. The normalized spacial score (nSPS) is 14.7. The highest BCUT2D eigenvalue weighted by Gasteiger charge is 2.25. The molecule has 1 amide bonds. The van der Waals surface area contributed by atoms with E-state index in [2.05, 4.69) is 4.98 Å². The van der Waals surface area contributed by atoms with Crippen molar-refractivity contribution in [1.82, 2.24) is 9.88 Å². The molecule has 1 N–H and O–H groups in total. The third kappa shape index (κ3) is 4.58. The van der Waals surface area contributed by atoms with E-state index in [0.717, 1.165) is 24.2 Å². The zero-order valence-corrected chi connectivity index (χ0v) is 15.6. The predicted octanol–water partition coefficient (Wildman–Crippen LogP) is 3.36. The quantitative estimate of drug-likeness (QED) is 0.650. The molecule has 0 aliphatic carbocycles. The second-order valence-corrected chi connectivity index (χ2v) is 6.75. The van der Waals surface area contributed by atoms with Crippen molar-refractivity contribution in [2.24, 2.45) is 0 Å². The van der Waals surface area contributed by atoms with Crippen LogP contribution in [0.1, 0.15) is 53.1 Å². The number of hydrogen-bond acceptors (Lipinski definition) is 5. The lowest BCUT2D eigenvalue weighted by atomic mass is 10.1. The molecule has 1 saturated heterocycles. The molecule has 1 fully saturated rings. The van der Waals surface area contributed by atoms with Crippen LogP contribution in [-0.4, -0.2) is 46.5 Å². The van der Waals surface area contributed by atoms with Crippen LogP contribution in [0.25, 0.3) is 0 Å². The lowest BCUT2D eigenvalue weighted by molar-refractivity contribution is 0.0590. The summed E-state index contributed by atoms with van der Waals surface area (Å²) in [5.74, 6) is 0.684. The molecule has 0 radical (unpaired) electrons. The molecule has 6 nitrogen and oxygen atoms in total. The topological polar surface area (TPSA) is 83.4 Å². The lowest BCUT2D eigenvalue weighted by Gasteiger charge is -2.32. The molecule has 1 aromatic carbocycles. The van der Waals surface area contributed by atoms with Gasteiger partial charge in [-0.2, -0.15) is 0 Å². The summed E-state index contributed by atoms with van der Waals surface area (Å²) in [6.45, 7) is 4.46. The number of nitrogens with zero attached hydrogens (tertiary/aromatic N) is 2. The highest BCUT2D eigenvalue weighted by atomic mass is 16.5. The van der Waals surface area contributed by atoms with Gasteiger partial charge in [-0.3, -0.25) is 14.6 Å². The average Bonchev–Trinajstić information content (AvgIpc) is 2.68. The maximum atomic E-state index is 12.6. The minimum Gasteiger partial charge on any atom is -0.490 e. The summed E-state index contributed by atoms with van der Waals surface area (Å²) in [5, 5.41) is 7.59. The smallest absolute Gasteiger partial charge is 0.272 e. The van der Waals surface area contributed by atoms with Gasteiger partial charge in [-0.15, -0.1) is 0 Å². The van der Waals surface area contributed by atoms with E-state index in [4.69, 9.17) is 10.1 Å². The van der Waals surface area contributed by atoms with Crippen molar-refractivity contribution in [2.75, 3.05) is 13.1 Å². The van der Waals surface area contributed by atoms with E-state index >= 15 is 0 Å². The van der Waals surface area contributed by atoms with Crippen LogP contribution in [0.3, 0.4) is 0 Å². The molecule has 140 valence electrons. The van der Waals surface area contributed by atoms with Crippen molar-refractivity contribution >= 4 is 17.4 Å². The highest BCUT2D eigenvalue weighted by Crippen LogP contribution is 2.20. The fourth-order valence-corrected chi connectivity index (χ4v) is 3.04. The fourth-order valence-electron chi connectivity index (χ4n) is 3.04. The minimum atomic E-state index is -0.0894. The largest absolute Gasteiger partial charge is 0.490 e. The Morgan fingerprint density at radius 1 is 1.04 bits per heavy atom. The van der Waals surface area contributed by atoms with E-state index in [1.807, 2.05) is 12.1 Å². The van der Waals surface area contributed by atoms with E-state index in [9.17, 15) is 9.59 Å². The molecule has 1 aliphatic rings. The number of benzene rings is 1. The van der Waals surface area contributed by atoms with Gasteiger partial charge in [-0.25, -0.2) is 0 Å². The van der Waals surface area contributed by atoms with Crippen molar-refractivity contribution in [2.45, 2.75) is 32.8 Å². The van der Waals surface area contributed by atoms with Gasteiger partial charge >= 0.3 is 0 Å². The van der Waals surface area contributed by atoms with Crippen LogP contribution in [0.4, 0.5) is 0 Å². The Morgan fingerprint density at radius 2 is 1.67 bits per heavy atom. The number of nitrogens with one attached hydrogen (secondary N) is 1. The van der Waals surface area contributed by atoms with Crippen molar-refractivity contribution in [3.05, 3.63) is 59.4 Å². The number of carbonyl (C=O) groups excluding carboxylic acids is 2. The van der Waals surface area contributed by atoms with Crippen LogP contribution in [0.5, 0.6) is 5.75 Å². The van der Waals surface area contributed by atoms with Crippen LogP contribution in [0, 0.1) is 5.41 Å². The Morgan fingerprint density at radius 3 is 2.19 bits per heavy atom. The summed E-state index contributed by atoms with van der Waals surface area (Å²) in [6.07, 6.45) is 3.11. The highest BCUT2D eigenvalue weighted by molar-refractivity contribution is 5.97. The molecule has 1 aliphatic heterocycles. The zero-order valence-electron chi connectivity index (χ0n) is 15.6. The molecule has 0 unspecified atom stereocenters. The molecule has 2 aromatic rings. The van der Waals surface area contributed by atoms with Crippen molar-refractivity contribution in [3.8, 4) is 5.75 Å². The molecule has 0 saturated carbocycles. The molecule has 0 bridgehead atoms. The second-order valence-electron chi connectivity index (χ2n) is 6.75. The number of pyridine rings is 1. The summed E-state index contributed by atoms with van der Waals surface area (Å²) in [5.41, 5.74) is 2.21. The maximum Gasteiger partial charge on any atom is 0.272 e. The number of ketones is 1. The van der Waals surface area contributed by atoms with Crippen LogP contribution in [0.2, 0.25) is 0 Å². The molecule has 27 heavy (non-hydrogen) atoms. The summed E-state index contributed by atoms with van der Waals surface area (Å²) >= 11 is 0. The first-order valence-corrected chi connectivity index (χ1v) is 9.02. The summed E-state index contributed by atoms with van der Waals surface area (Å²) in [4.78, 5) is 29.9.